The molecular weight excluding hydrogens is 717 g/mol. The molecule has 0 bridgehead atoms. The maximum absolute atomic E-state index is 14.3. The van der Waals surface area contributed by atoms with Crippen molar-refractivity contribution in [3.63, 3.8) is 0 Å². The van der Waals surface area contributed by atoms with Crippen molar-refractivity contribution < 1.29 is 37.8 Å². The van der Waals surface area contributed by atoms with E-state index in [-0.39, 0.29) is 30.1 Å². The lowest BCUT2D eigenvalue weighted by Gasteiger charge is -2.37. The van der Waals surface area contributed by atoms with E-state index < -0.39 is 45.4 Å². The first-order valence-electron chi connectivity index (χ1n) is 18.2. The van der Waals surface area contributed by atoms with Gasteiger partial charge in [0.15, 0.2) is 0 Å². The number of carboxylic acids is 1. The first kappa shape index (κ1) is 41.5. The SMILES string of the molecule is CCCCC1(CCCC)CN(c2ccccc2)c2cc(SC)c(OCCC(=O)N[C@@H](C(=O)N[C@@H](CCC)C(=O)O)c3ccc(O)cc3)cc2S(=O)(=O)N1. The van der Waals surface area contributed by atoms with Gasteiger partial charge in [0.05, 0.1) is 29.1 Å². The molecule has 0 saturated heterocycles. The van der Waals surface area contributed by atoms with E-state index in [2.05, 4.69) is 34.1 Å². The van der Waals surface area contributed by atoms with Gasteiger partial charge in [-0.2, -0.15) is 0 Å². The normalized spacial score (nSPS) is 15.7. The molecule has 2 amide bonds. The summed E-state index contributed by atoms with van der Waals surface area (Å²) in [5.74, 6) is -2.19. The van der Waals surface area contributed by atoms with Crippen molar-refractivity contribution in [2.24, 2.45) is 0 Å². The number of anilines is 2. The van der Waals surface area contributed by atoms with E-state index in [0.717, 1.165) is 31.4 Å². The topological polar surface area (TPSA) is 174 Å². The molecule has 4 rings (SSSR count). The Bertz CT molecular complexity index is 1800. The van der Waals surface area contributed by atoms with Crippen LogP contribution in [0.4, 0.5) is 11.4 Å². The van der Waals surface area contributed by atoms with Crippen molar-refractivity contribution in [2.75, 3.05) is 24.3 Å². The van der Waals surface area contributed by atoms with Crippen molar-refractivity contribution in [2.45, 2.75) is 106 Å². The number of carboxylic acid groups (broad SMARTS) is 1. The lowest BCUT2D eigenvalue weighted by molar-refractivity contribution is -0.142. The Morgan fingerprint density at radius 3 is 2.21 bits per heavy atom. The molecular formula is C39H52N4O8S2. The predicted molar refractivity (Wildman–Crippen MR) is 207 cm³/mol. The number of fused-ring (bicyclic) bond motifs is 1. The van der Waals surface area contributed by atoms with Gasteiger partial charge >= 0.3 is 5.97 Å². The van der Waals surface area contributed by atoms with Crippen LogP contribution in [0.3, 0.4) is 0 Å². The maximum Gasteiger partial charge on any atom is 0.326 e. The molecule has 0 aliphatic carbocycles. The van der Waals surface area contributed by atoms with Gasteiger partial charge in [-0.3, -0.25) is 9.59 Å². The first-order valence-corrected chi connectivity index (χ1v) is 20.9. The number of thioether (sulfide) groups is 1. The van der Waals surface area contributed by atoms with E-state index in [1.54, 1.807) is 6.92 Å². The van der Waals surface area contributed by atoms with Gasteiger partial charge in [-0.25, -0.2) is 17.9 Å². The zero-order valence-electron chi connectivity index (χ0n) is 30.9. The lowest BCUT2D eigenvalue weighted by Crippen LogP contribution is -2.53. The highest BCUT2D eigenvalue weighted by atomic mass is 32.2. The summed E-state index contributed by atoms with van der Waals surface area (Å²) in [6.07, 6.45) is 7.37. The highest BCUT2D eigenvalue weighted by Crippen LogP contribution is 2.44. The molecule has 0 radical (unpaired) electrons. The molecule has 1 aliphatic heterocycles. The molecule has 1 aliphatic rings. The van der Waals surface area contributed by atoms with Crippen LogP contribution in [0.25, 0.3) is 0 Å². The van der Waals surface area contributed by atoms with Crippen molar-refractivity contribution in [3.8, 4) is 11.5 Å². The fourth-order valence-electron chi connectivity index (χ4n) is 6.50. The predicted octanol–water partition coefficient (Wildman–Crippen LogP) is 6.66. The number of phenols is 1. The van der Waals surface area contributed by atoms with E-state index in [1.807, 2.05) is 42.7 Å². The molecule has 2 atom stereocenters. The molecule has 0 fully saturated rings. The molecule has 288 valence electrons. The van der Waals surface area contributed by atoms with Crippen LogP contribution in [-0.4, -0.2) is 67.4 Å². The number of aliphatic carboxylic acids is 1. The fraction of sp³-hybridized carbons (Fsp3) is 0.462. The Morgan fingerprint density at radius 1 is 0.962 bits per heavy atom. The molecule has 0 unspecified atom stereocenters. The van der Waals surface area contributed by atoms with Crippen molar-refractivity contribution in [3.05, 3.63) is 72.3 Å². The maximum atomic E-state index is 14.3. The molecule has 0 spiro atoms. The number of nitrogens with zero attached hydrogens (tertiary/aromatic N) is 1. The molecule has 0 saturated carbocycles. The Labute approximate surface area is 317 Å². The Kier molecular flexibility index (Phi) is 15.0. The van der Waals surface area contributed by atoms with Crippen LogP contribution < -0.4 is 25.0 Å². The number of sulfonamides is 1. The van der Waals surface area contributed by atoms with Crippen molar-refractivity contribution in [1.29, 1.82) is 0 Å². The number of phenolic OH excluding ortho intramolecular Hbond substituents is 1. The van der Waals surface area contributed by atoms with Gasteiger partial charge in [-0.15, -0.1) is 11.8 Å². The zero-order valence-corrected chi connectivity index (χ0v) is 32.5. The number of hydrogen-bond acceptors (Lipinski definition) is 9. The molecule has 14 heteroatoms. The second kappa shape index (κ2) is 19.2. The largest absolute Gasteiger partial charge is 0.508 e. The molecule has 5 N–H and O–H groups in total. The van der Waals surface area contributed by atoms with Gasteiger partial charge in [0, 0.05) is 18.3 Å². The van der Waals surface area contributed by atoms with Crippen LogP contribution in [0, 0.1) is 0 Å². The van der Waals surface area contributed by atoms with Gasteiger partial charge in [-0.1, -0.05) is 83.2 Å². The smallest absolute Gasteiger partial charge is 0.326 e. The number of hydrogen-bond donors (Lipinski definition) is 5. The van der Waals surface area contributed by atoms with Gasteiger partial charge in [-0.05, 0) is 61.4 Å². The summed E-state index contributed by atoms with van der Waals surface area (Å²) in [6, 6.07) is 16.4. The number of rotatable bonds is 19. The van der Waals surface area contributed by atoms with E-state index in [1.165, 1.54) is 42.1 Å². The number of nitrogens with one attached hydrogen (secondary N) is 3. The van der Waals surface area contributed by atoms with Crippen LogP contribution >= 0.6 is 11.8 Å². The molecule has 53 heavy (non-hydrogen) atoms. The first-order chi connectivity index (χ1) is 25.4. The van der Waals surface area contributed by atoms with Crippen LogP contribution in [0.1, 0.15) is 90.2 Å². The third-order valence-corrected chi connectivity index (χ3v) is 11.7. The highest BCUT2D eigenvalue weighted by Gasteiger charge is 2.42. The van der Waals surface area contributed by atoms with Crippen LogP contribution in [0.15, 0.2) is 76.5 Å². The van der Waals surface area contributed by atoms with Crippen LogP contribution in [0.5, 0.6) is 11.5 Å². The minimum atomic E-state index is -4.02. The summed E-state index contributed by atoms with van der Waals surface area (Å²) in [4.78, 5) is 41.1. The summed E-state index contributed by atoms with van der Waals surface area (Å²) in [7, 11) is -4.02. The minimum absolute atomic E-state index is 0.0379. The van der Waals surface area contributed by atoms with Gasteiger partial charge < -0.3 is 30.5 Å². The summed E-state index contributed by atoms with van der Waals surface area (Å²) in [5.41, 5.74) is 1.07. The zero-order chi connectivity index (χ0) is 38.6. The van der Waals surface area contributed by atoms with E-state index in [9.17, 15) is 33.0 Å². The average molecular weight is 769 g/mol. The third kappa shape index (κ3) is 10.9. The van der Waals surface area contributed by atoms with Crippen molar-refractivity contribution in [1.82, 2.24) is 15.4 Å². The standard InChI is InChI=1S/C39H52N4O8S2/c1-5-8-21-39(22-9-6-2)26-43(28-14-11-10-12-15-28)31-24-33(52-4)32(25-34(31)53(49,50)42-39)51-23-20-35(45)41-36(27-16-18-29(44)19-17-27)37(46)40-30(13-7-3)38(47)48/h10-12,14-19,24-25,30,36,42,44H,5-9,13,20-23,26H2,1-4H3,(H,40,46)(H,41,45)(H,47,48)/t30-,36+/m0/s1. The molecule has 3 aromatic rings. The summed E-state index contributed by atoms with van der Waals surface area (Å²) >= 11 is 1.39. The fourth-order valence-corrected chi connectivity index (χ4v) is 8.70. The van der Waals surface area contributed by atoms with Gasteiger partial charge in [0.1, 0.15) is 28.5 Å². The number of carbonyl (C=O) groups excluding carboxylic acids is 2. The summed E-state index contributed by atoms with van der Waals surface area (Å²) < 4.78 is 37.8. The van der Waals surface area contributed by atoms with Crippen molar-refractivity contribution >= 4 is 50.9 Å². The quantitative estimate of drug-likeness (QED) is 0.0830. The molecule has 1 heterocycles. The Balaban J connectivity index is 1.61. The number of aromatic hydroxyl groups is 1. The van der Waals surface area contributed by atoms with E-state index in [0.29, 0.717) is 47.7 Å². The monoisotopic (exact) mass is 768 g/mol. The number of benzene rings is 3. The number of carbonyl (C=O) groups is 3. The molecule has 3 aromatic carbocycles. The molecule has 12 nitrogen and oxygen atoms in total. The second-order valence-electron chi connectivity index (χ2n) is 13.4. The minimum Gasteiger partial charge on any atom is -0.508 e. The average Bonchev–Trinajstić information content (AvgIpc) is 3.23. The molecule has 0 aromatic heterocycles. The number of para-hydroxylation sites is 1. The number of ether oxygens (including phenoxy) is 1. The van der Waals surface area contributed by atoms with E-state index >= 15 is 0 Å². The summed E-state index contributed by atoms with van der Waals surface area (Å²) in [6.45, 7) is 6.32. The Hall–Kier alpha value is -4.27. The summed E-state index contributed by atoms with van der Waals surface area (Å²) in [5, 5.41) is 24.5. The van der Waals surface area contributed by atoms with Gasteiger partial charge in [0.2, 0.25) is 21.8 Å². The number of amides is 2. The van der Waals surface area contributed by atoms with Crippen LogP contribution in [0.2, 0.25) is 0 Å². The van der Waals surface area contributed by atoms with Crippen LogP contribution in [-0.2, 0) is 24.4 Å². The highest BCUT2D eigenvalue weighted by molar-refractivity contribution is 7.98. The Morgan fingerprint density at radius 2 is 1.62 bits per heavy atom. The lowest BCUT2D eigenvalue weighted by atomic mass is 9.87. The van der Waals surface area contributed by atoms with Gasteiger partial charge in [0.25, 0.3) is 0 Å². The van der Waals surface area contributed by atoms with E-state index in [4.69, 9.17) is 4.74 Å². The number of unbranched alkanes of at least 4 members (excludes halogenated alkanes) is 2. The second-order valence-corrected chi connectivity index (χ2v) is 15.9. The third-order valence-electron chi connectivity index (χ3n) is 9.30.